The van der Waals surface area contributed by atoms with Gasteiger partial charge in [-0.15, -0.1) is 0 Å². The van der Waals surface area contributed by atoms with E-state index in [1.165, 1.54) is 6.33 Å². The second-order valence-electron chi connectivity index (χ2n) is 5.67. The Balaban J connectivity index is 1.74. The van der Waals surface area contributed by atoms with Gasteiger partial charge in [-0.25, -0.2) is 18.4 Å². The van der Waals surface area contributed by atoms with Gasteiger partial charge >= 0.3 is 0 Å². The van der Waals surface area contributed by atoms with Crippen molar-refractivity contribution in [2.75, 3.05) is 10.0 Å². The Kier molecular flexibility index (Phi) is 3.81. The van der Waals surface area contributed by atoms with Crippen LogP contribution in [0.15, 0.2) is 67.0 Å². The van der Waals surface area contributed by atoms with Crippen LogP contribution in [0.25, 0.3) is 21.8 Å². The van der Waals surface area contributed by atoms with Gasteiger partial charge < -0.3 is 10.3 Å². The largest absolute Gasteiger partial charge is 0.361 e. The Morgan fingerprint density at radius 2 is 1.88 bits per heavy atom. The van der Waals surface area contributed by atoms with Gasteiger partial charge in [0.25, 0.3) is 10.0 Å². The predicted octanol–water partition coefficient (Wildman–Crippen LogP) is 3.74. The van der Waals surface area contributed by atoms with Gasteiger partial charge in [0.2, 0.25) is 0 Å². The fourth-order valence-corrected chi connectivity index (χ4v) is 3.23. The average Bonchev–Trinajstić information content (AvgIpc) is 3.10. The van der Waals surface area contributed by atoms with Gasteiger partial charge in [-0.05, 0) is 42.5 Å². The van der Waals surface area contributed by atoms with E-state index in [9.17, 15) is 8.42 Å². The molecule has 2 aromatic heterocycles. The van der Waals surface area contributed by atoms with Crippen molar-refractivity contribution in [2.45, 2.75) is 0 Å². The van der Waals surface area contributed by atoms with Crippen molar-refractivity contribution in [3.05, 3.63) is 67.0 Å². The van der Waals surface area contributed by atoms with Gasteiger partial charge in [0.15, 0.2) is 0 Å². The molecule has 0 fully saturated rings. The van der Waals surface area contributed by atoms with Crippen LogP contribution < -0.4 is 10.0 Å². The number of sulfonamides is 1. The lowest BCUT2D eigenvalue weighted by Crippen LogP contribution is -2.08. The number of hydrogen-bond donors (Lipinski definition) is 3. The molecule has 2 aromatic carbocycles. The number of hydrogen-bond acceptors (Lipinski definition) is 5. The summed E-state index contributed by atoms with van der Waals surface area (Å²) in [4.78, 5) is 11.7. The van der Waals surface area contributed by atoms with Gasteiger partial charge in [-0.2, -0.15) is 0 Å². The van der Waals surface area contributed by atoms with E-state index in [1.807, 2.05) is 30.5 Å². The summed E-state index contributed by atoms with van der Waals surface area (Å²) in [6.07, 6.45) is 3.35. The van der Waals surface area contributed by atoms with Crippen LogP contribution in [-0.4, -0.2) is 23.4 Å². The number of nitrogens with zero attached hydrogens (tertiary/aromatic N) is 2. The molecule has 2 heterocycles. The number of nitrogens with one attached hydrogen (secondary N) is 3. The van der Waals surface area contributed by atoms with Crippen LogP contribution in [0.4, 0.5) is 17.2 Å². The molecule has 3 N–H and O–H groups in total. The van der Waals surface area contributed by atoms with E-state index in [4.69, 9.17) is 0 Å². The fraction of sp³-hybridized carbons (Fsp3) is 0. The van der Waals surface area contributed by atoms with Crippen LogP contribution in [0.2, 0.25) is 0 Å². The molecule has 0 aliphatic carbocycles. The summed E-state index contributed by atoms with van der Waals surface area (Å²) in [6, 6.07) is 13.0. The van der Waals surface area contributed by atoms with Gasteiger partial charge in [0.05, 0.1) is 5.52 Å². The monoisotopic (exact) mass is 365 g/mol. The molecular weight excluding hydrogens is 350 g/mol. The Hall–Kier alpha value is -3.39. The Morgan fingerprint density at radius 3 is 2.73 bits per heavy atom. The second-order valence-corrected chi connectivity index (χ2v) is 7.30. The van der Waals surface area contributed by atoms with Crippen LogP contribution >= 0.6 is 0 Å². The number of H-pyrrole nitrogens is 1. The highest BCUT2D eigenvalue weighted by Gasteiger charge is 2.09. The average molecular weight is 365 g/mol. The van der Waals surface area contributed by atoms with E-state index in [1.54, 1.807) is 18.2 Å². The van der Waals surface area contributed by atoms with Crippen LogP contribution in [-0.2, 0) is 10.0 Å². The maximum Gasteiger partial charge on any atom is 0.254 e. The summed E-state index contributed by atoms with van der Waals surface area (Å²) in [6.45, 7) is 3.29. The molecule has 0 aliphatic rings. The maximum absolute atomic E-state index is 11.7. The fourth-order valence-electron chi connectivity index (χ4n) is 2.69. The second kappa shape index (κ2) is 6.16. The molecule has 0 saturated carbocycles. The van der Waals surface area contributed by atoms with Crippen LogP contribution in [0, 0.1) is 0 Å². The Bertz CT molecular complexity index is 1230. The van der Waals surface area contributed by atoms with Crippen molar-refractivity contribution < 1.29 is 8.42 Å². The number of rotatable bonds is 5. The van der Waals surface area contributed by atoms with Crippen molar-refractivity contribution >= 4 is 49.0 Å². The SMILES string of the molecule is C=CS(=O)(=O)Nc1ccc2ncnc(Nc3ccc4[nH]ccc4c3)c2c1. The highest BCUT2D eigenvalue weighted by Crippen LogP contribution is 2.27. The minimum absolute atomic E-state index is 0.413. The van der Waals surface area contributed by atoms with Crippen molar-refractivity contribution in [2.24, 2.45) is 0 Å². The quantitative estimate of drug-likeness (QED) is 0.500. The maximum atomic E-state index is 11.7. The number of aromatic amines is 1. The predicted molar refractivity (Wildman–Crippen MR) is 104 cm³/mol. The normalized spacial score (nSPS) is 11.5. The lowest BCUT2D eigenvalue weighted by molar-refractivity contribution is 0.609. The molecule has 7 nitrogen and oxygen atoms in total. The summed E-state index contributed by atoms with van der Waals surface area (Å²) in [5, 5.41) is 5.91. The molecule has 0 atom stereocenters. The van der Waals surface area contributed by atoms with Crippen LogP contribution in [0.1, 0.15) is 0 Å². The standard InChI is InChI=1S/C18H15N5O2S/c1-2-26(24,25)23-14-4-6-17-15(10-14)18(21-11-20-17)22-13-3-5-16-12(9-13)7-8-19-16/h2-11,19,23H,1H2,(H,20,21,22). The molecule has 0 amide bonds. The third kappa shape index (κ3) is 3.09. The van der Waals surface area contributed by atoms with Gasteiger partial charge in [0, 0.05) is 39.3 Å². The molecule has 0 unspecified atom stereocenters. The molecular formula is C18H15N5O2S. The zero-order chi connectivity index (χ0) is 18.1. The summed E-state index contributed by atoms with van der Waals surface area (Å²) < 4.78 is 25.8. The number of benzene rings is 2. The molecule has 0 spiro atoms. The van der Waals surface area contributed by atoms with E-state index >= 15 is 0 Å². The molecule has 0 bridgehead atoms. The van der Waals surface area contributed by atoms with E-state index in [0.29, 0.717) is 22.4 Å². The number of anilines is 3. The highest BCUT2D eigenvalue weighted by atomic mass is 32.2. The summed E-state index contributed by atoms with van der Waals surface area (Å²) in [5.41, 5.74) is 3.03. The molecule has 0 radical (unpaired) electrons. The van der Waals surface area contributed by atoms with E-state index in [0.717, 1.165) is 22.0 Å². The van der Waals surface area contributed by atoms with Gasteiger partial charge in [-0.1, -0.05) is 6.58 Å². The zero-order valence-corrected chi connectivity index (χ0v) is 14.4. The Morgan fingerprint density at radius 1 is 1.04 bits per heavy atom. The van der Waals surface area contributed by atoms with Gasteiger partial charge in [-0.3, -0.25) is 4.72 Å². The third-order valence-corrected chi connectivity index (χ3v) is 4.89. The zero-order valence-electron chi connectivity index (χ0n) is 13.6. The van der Waals surface area contributed by atoms with E-state index < -0.39 is 10.0 Å². The third-order valence-electron chi connectivity index (χ3n) is 3.93. The first kappa shape index (κ1) is 16.1. The lowest BCUT2D eigenvalue weighted by atomic mass is 10.2. The summed E-state index contributed by atoms with van der Waals surface area (Å²) in [7, 11) is -3.58. The topological polar surface area (TPSA) is 99.8 Å². The van der Waals surface area contributed by atoms with E-state index in [2.05, 4.69) is 31.6 Å². The highest BCUT2D eigenvalue weighted by molar-refractivity contribution is 7.95. The first-order valence-corrected chi connectivity index (χ1v) is 9.33. The number of fused-ring (bicyclic) bond motifs is 2. The minimum atomic E-state index is -3.58. The smallest absolute Gasteiger partial charge is 0.254 e. The molecule has 0 saturated heterocycles. The molecule has 130 valence electrons. The van der Waals surface area contributed by atoms with Crippen molar-refractivity contribution in [1.29, 1.82) is 0 Å². The Labute approximate surface area is 149 Å². The molecule has 26 heavy (non-hydrogen) atoms. The van der Waals surface area contributed by atoms with Crippen molar-refractivity contribution in [3.63, 3.8) is 0 Å². The summed E-state index contributed by atoms with van der Waals surface area (Å²) in [5.74, 6) is 0.588. The van der Waals surface area contributed by atoms with Crippen LogP contribution in [0.3, 0.4) is 0 Å². The van der Waals surface area contributed by atoms with Gasteiger partial charge in [0.1, 0.15) is 12.1 Å². The molecule has 0 aliphatic heterocycles. The minimum Gasteiger partial charge on any atom is -0.361 e. The van der Waals surface area contributed by atoms with E-state index in [-0.39, 0.29) is 0 Å². The molecule has 4 rings (SSSR count). The first-order valence-electron chi connectivity index (χ1n) is 7.78. The summed E-state index contributed by atoms with van der Waals surface area (Å²) >= 11 is 0. The number of aromatic nitrogens is 3. The molecule has 8 heteroatoms. The van der Waals surface area contributed by atoms with Crippen LogP contribution in [0.5, 0.6) is 0 Å². The van der Waals surface area contributed by atoms with Crippen molar-refractivity contribution in [3.8, 4) is 0 Å². The lowest BCUT2D eigenvalue weighted by Gasteiger charge is -2.10. The molecule has 4 aromatic rings. The first-order chi connectivity index (χ1) is 12.5. The van der Waals surface area contributed by atoms with Crippen molar-refractivity contribution in [1.82, 2.24) is 15.0 Å².